The number of carbonyl (C=O) groups is 1. The van der Waals surface area contributed by atoms with Gasteiger partial charge in [-0.15, -0.1) is 11.3 Å². The number of nitrogens with zero attached hydrogens (tertiary/aromatic N) is 2. The monoisotopic (exact) mass is 334 g/mol. The Balaban J connectivity index is 1.58. The Morgan fingerprint density at radius 2 is 1.91 bits per heavy atom. The van der Waals surface area contributed by atoms with Crippen LogP contribution in [-0.2, 0) is 6.54 Å². The molecule has 1 amide bonds. The standard InChI is InChI=1S/C17H19ClN2OS/c18-15-6-4-14(5-7-15)13-19-8-2-9-20(11-10-19)17(21)16-3-1-12-22-16/h1,3-7,12H,2,8-11,13H2. The van der Waals surface area contributed by atoms with Gasteiger partial charge in [0.15, 0.2) is 0 Å². The molecule has 0 bridgehead atoms. The molecule has 0 unspecified atom stereocenters. The summed E-state index contributed by atoms with van der Waals surface area (Å²) in [6, 6.07) is 11.8. The molecule has 1 aromatic carbocycles. The summed E-state index contributed by atoms with van der Waals surface area (Å²) in [6.07, 6.45) is 1.02. The second kappa shape index (κ2) is 7.27. The first-order chi connectivity index (χ1) is 10.7. The van der Waals surface area contributed by atoms with Crippen molar-refractivity contribution in [2.75, 3.05) is 26.2 Å². The van der Waals surface area contributed by atoms with Crippen molar-refractivity contribution >= 4 is 28.8 Å². The maximum atomic E-state index is 12.4. The van der Waals surface area contributed by atoms with Crippen molar-refractivity contribution in [2.24, 2.45) is 0 Å². The van der Waals surface area contributed by atoms with E-state index in [4.69, 9.17) is 11.6 Å². The minimum atomic E-state index is 0.170. The highest BCUT2D eigenvalue weighted by Crippen LogP contribution is 2.16. The summed E-state index contributed by atoms with van der Waals surface area (Å²) in [7, 11) is 0. The lowest BCUT2D eigenvalue weighted by Gasteiger charge is -2.21. The molecule has 116 valence electrons. The first-order valence-electron chi connectivity index (χ1n) is 7.52. The average Bonchev–Trinajstić information content (AvgIpc) is 2.96. The van der Waals surface area contributed by atoms with Crippen molar-refractivity contribution in [3.05, 3.63) is 57.2 Å². The van der Waals surface area contributed by atoms with Gasteiger partial charge in [0.1, 0.15) is 0 Å². The molecule has 0 N–H and O–H groups in total. The highest BCUT2D eigenvalue weighted by molar-refractivity contribution is 7.12. The van der Waals surface area contributed by atoms with Crippen molar-refractivity contribution in [1.29, 1.82) is 0 Å². The molecule has 1 saturated heterocycles. The van der Waals surface area contributed by atoms with Gasteiger partial charge in [-0.2, -0.15) is 0 Å². The fraction of sp³-hybridized carbons (Fsp3) is 0.353. The van der Waals surface area contributed by atoms with Gasteiger partial charge in [0.2, 0.25) is 0 Å². The fourth-order valence-electron chi connectivity index (χ4n) is 2.74. The molecule has 0 aliphatic carbocycles. The number of hydrogen-bond donors (Lipinski definition) is 0. The van der Waals surface area contributed by atoms with Crippen LogP contribution in [-0.4, -0.2) is 41.9 Å². The minimum absolute atomic E-state index is 0.170. The predicted molar refractivity (Wildman–Crippen MR) is 91.6 cm³/mol. The topological polar surface area (TPSA) is 23.6 Å². The van der Waals surface area contributed by atoms with Gasteiger partial charge in [-0.3, -0.25) is 9.69 Å². The number of rotatable bonds is 3. The molecular formula is C17H19ClN2OS. The molecule has 0 radical (unpaired) electrons. The van der Waals surface area contributed by atoms with Gasteiger partial charge in [-0.1, -0.05) is 29.8 Å². The maximum Gasteiger partial charge on any atom is 0.263 e. The minimum Gasteiger partial charge on any atom is -0.337 e. The molecule has 3 nitrogen and oxygen atoms in total. The van der Waals surface area contributed by atoms with Gasteiger partial charge >= 0.3 is 0 Å². The first kappa shape index (κ1) is 15.5. The predicted octanol–water partition coefficient (Wildman–Crippen LogP) is 3.75. The Labute approximate surface area is 140 Å². The molecule has 3 rings (SSSR count). The van der Waals surface area contributed by atoms with Crippen LogP contribution >= 0.6 is 22.9 Å². The zero-order valence-electron chi connectivity index (χ0n) is 12.4. The van der Waals surface area contributed by atoms with Crippen molar-refractivity contribution in [2.45, 2.75) is 13.0 Å². The van der Waals surface area contributed by atoms with E-state index in [1.165, 1.54) is 16.9 Å². The van der Waals surface area contributed by atoms with E-state index >= 15 is 0 Å². The summed E-state index contributed by atoms with van der Waals surface area (Å²) >= 11 is 7.45. The normalized spacial score (nSPS) is 16.5. The van der Waals surface area contributed by atoms with Crippen LogP contribution in [0.3, 0.4) is 0 Å². The molecule has 0 atom stereocenters. The Bertz CT molecular complexity index is 612. The second-order valence-electron chi connectivity index (χ2n) is 5.53. The van der Waals surface area contributed by atoms with Crippen LogP contribution in [0.15, 0.2) is 41.8 Å². The summed E-state index contributed by atoms with van der Waals surface area (Å²) in [6.45, 7) is 4.49. The quantitative estimate of drug-likeness (QED) is 0.853. The van der Waals surface area contributed by atoms with E-state index in [0.29, 0.717) is 0 Å². The molecular weight excluding hydrogens is 316 g/mol. The number of carbonyl (C=O) groups excluding carboxylic acids is 1. The lowest BCUT2D eigenvalue weighted by atomic mass is 10.2. The second-order valence-corrected chi connectivity index (χ2v) is 6.91. The third kappa shape index (κ3) is 3.88. The van der Waals surface area contributed by atoms with Gasteiger partial charge in [0.25, 0.3) is 5.91 Å². The van der Waals surface area contributed by atoms with E-state index < -0.39 is 0 Å². The van der Waals surface area contributed by atoms with E-state index in [2.05, 4.69) is 17.0 Å². The van der Waals surface area contributed by atoms with Crippen LogP contribution in [0, 0.1) is 0 Å². The summed E-state index contributed by atoms with van der Waals surface area (Å²) in [4.78, 5) is 17.6. The number of amides is 1. The number of hydrogen-bond acceptors (Lipinski definition) is 3. The van der Waals surface area contributed by atoms with Gasteiger partial charge in [0, 0.05) is 37.7 Å². The van der Waals surface area contributed by atoms with E-state index in [1.807, 2.05) is 34.5 Å². The Morgan fingerprint density at radius 1 is 1.09 bits per heavy atom. The molecule has 2 heterocycles. The van der Waals surface area contributed by atoms with E-state index in [9.17, 15) is 4.79 Å². The summed E-state index contributed by atoms with van der Waals surface area (Å²) in [5.41, 5.74) is 1.27. The third-order valence-electron chi connectivity index (χ3n) is 3.93. The highest BCUT2D eigenvalue weighted by atomic mass is 35.5. The molecule has 0 saturated carbocycles. The highest BCUT2D eigenvalue weighted by Gasteiger charge is 2.20. The van der Waals surface area contributed by atoms with Gasteiger partial charge in [-0.05, 0) is 35.6 Å². The largest absolute Gasteiger partial charge is 0.337 e. The summed E-state index contributed by atoms with van der Waals surface area (Å²) < 4.78 is 0. The van der Waals surface area contributed by atoms with Gasteiger partial charge in [0.05, 0.1) is 4.88 Å². The molecule has 2 aromatic rings. The van der Waals surface area contributed by atoms with Crippen LogP contribution in [0.1, 0.15) is 21.7 Å². The van der Waals surface area contributed by atoms with Crippen molar-refractivity contribution in [3.63, 3.8) is 0 Å². The molecule has 1 aromatic heterocycles. The van der Waals surface area contributed by atoms with Crippen LogP contribution in [0.2, 0.25) is 5.02 Å². The fourth-order valence-corrected chi connectivity index (χ4v) is 3.55. The van der Waals surface area contributed by atoms with Crippen LogP contribution in [0.5, 0.6) is 0 Å². The average molecular weight is 335 g/mol. The van der Waals surface area contributed by atoms with Crippen molar-refractivity contribution < 1.29 is 4.79 Å². The third-order valence-corrected chi connectivity index (χ3v) is 5.04. The van der Waals surface area contributed by atoms with Crippen molar-refractivity contribution in [1.82, 2.24) is 9.80 Å². The Hall–Kier alpha value is -1.36. The van der Waals surface area contributed by atoms with Gasteiger partial charge < -0.3 is 4.90 Å². The smallest absolute Gasteiger partial charge is 0.263 e. The molecule has 1 aliphatic rings. The maximum absolute atomic E-state index is 12.4. The van der Waals surface area contributed by atoms with Crippen LogP contribution in [0.25, 0.3) is 0 Å². The lowest BCUT2D eigenvalue weighted by Crippen LogP contribution is -2.34. The van der Waals surface area contributed by atoms with Gasteiger partial charge in [-0.25, -0.2) is 0 Å². The number of benzene rings is 1. The molecule has 5 heteroatoms. The first-order valence-corrected chi connectivity index (χ1v) is 8.78. The van der Waals surface area contributed by atoms with Crippen molar-refractivity contribution in [3.8, 4) is 0 Å². The molecule has 1 aliphatic heterocycles. The summed E-state index contributed by atoms with van der Waals surface area (Å²) in [5.74, 6) is 0.170. The summed E-state index contributed by atoms with van der Waals surface area (Å²) in [5, 5.41) is 2.73. The molecule has 1 fully saturated rings. The molecule has 0 spiro atoms. The van der Waals surface area contributed by atoms with E-state index in [0.717, 1.165) is 49.0 Å². The molecule has 22 heavy (non-hydrogen) atoms. The number of thiophene rings is 1. The zero-order chi connectivity index (χ0) is 15.4. The number of halogens is 1. The Kier molecular flexibility index (Phi) is 5.13. The SMILES string of the molecule is O=C(c1cccs1)N1CCCN(Cc2ccc(Cl)cc2)CC1. The lowest BCUT2D eigenvalue weighted by molar-refractivity contribution is 0.0766. The van der Waals surface area contributed by atoms with Crippen LogP contribution in [0.4, 0.5) is 0 Å². The van der Waals surface area contributed by atoms with E-state index in [1.54, 1.807) is 0 Å². The zero-order valence-corrected chi connectivity index (χ0v) is 13.9. The van der Waals surface area contributed by atoms with E-state index in [-0.39, 0.29) is 5.91 Å². The Morgan fingerprint density at radius 3 is 2.64 bits per heavy atom. The van der Waals surface area contributed by atoms with Crippen LogP contribution < -0.4 is 0 Å².